The normalized spacial score (nSPS) is 12.5. The predicted molar refractivity (Wildman–Crippen MR) is 64.4 cm³/mol. The van der Waals surface area contributed by atoms with Crippen LogP contribution in [0.2, 0.25) is 5.02 Å². The van der Waals surface area contributed by atoms with Crippen LogP contribution >= 0.6 is 11.6 Å². The molecule has 1 unspecified atom stereocenters. The molecular formula is C13H11ClFNO. The van der Waals surface area contributed by atoms with E-state index in [0.717, 1.165) is 0 Å². The molecule has 0 aliphatic rings. The molecule has 2 aromatic rings. The number of halogens is 2. The van der Waals surface area contributed by atoms with E-state index < -0.39 is 6.10 Å². The summed E-state index contributed by atoms with van der Waals surface area (Å²) >= 11 is 5.94. The number of aliphatic hydroxyl groups excluding tert-OH is 1. The molecule has 0 radical (unpaired) electrons. The first-order chi connectivity index (χ1) is 8.09. The Balaban J connectivity index is 2.40. The maximum absolute atomic E-state index is 13.1. The third kappa shape index (κ3) is 2.46. The summed E-state index contributed by atoms with van der Waals surface area (Å²) in [6, 6.07) is 7.78. The van der Waals surface area contributed by atoms with E-state index in [-0.39, 0.29) is 5.82 Å². The van der Waals surface area contributed by atoms with Crippen LogP contribution in [-0.2, 0) is 0 Å². The Morgan fingerprint density at radius 3 is 2.76 bits per heavy atom. The van der Waals surface area contributed by atoms with Gasteiger partial charge in [-0.25, -0.2) is 4.39 Å². The Morgan fingerprint density at radius 1 is 1.35 bits per heavy atom. The third-order valence-electron chi connectivity index (χ3n) is 2.54. The minimum absolute atomic E-state index is 0.298. The van der Waals surface area contributed by atoms with Crippen LogP contribution in [-0.4, -0.2) is 10.1 Å². The minimum atomic E-state index is -0.942. The highest BCUT2D eigenvalue weighted by atomic mass is 35.5. The van der Waals surface area contributed by atoms with Crippen molar-refractivity contribution < 1.29 is 9.50 Å². The Hall–Kier alpha value is -1.45. The summed E-state index contributed by atoms with van der Waals surface area (Å²) in [4.78, 5) is 4.03. The monoisotopic (exact) mass is 251 g/mol. The van der Waals surface area contributed by atoms with Gasteiger partial charge in [-0.15, -0.1) is 0 Å². The number of benzene rings is 1. The van der Waals surface area contributed by atoms with Crippen LogP contribution in [0.4, 0.5) is 4.39 Å². The second kappa shape index (κ2) is 4.82. The summed E-state index contributed by atoms with van der Waals surface area (Å²) < 4.78 is 13.1. The second-order valence-corrected chi connectivity index (χ2v) is 4.19. The first-order valence-electron chi connectivity index (χ1n) is 5.14. The lowest BCUT2D eigenvalue weighted by molar-refractivity contribution is 0.215. The highest BCUT2D eigenvalue weighted by Crippen LogP contribution is 2.26. The van der Waals surface area contributed by atoms with Gasteiger partial charge in [0.15, 0.2) is 0 Å². The van der Waals surface area contributed by atoms with Gasteiger partial charge in [0.2, 0.25) is 0 Å². The lowest BCUT2D eigenvalue weighted by Crippen LogP contribution is -2.03. The van der Waals surface area contributed by atoms with Crippen molar-refractivity contribution in [2.75, 3.05) is 0 Å². The minimum Gasteiger partial charge on any atom is -0.382 e. The van der Waals surface area contributed by atoms with E-state index in [1.54, 1.807) is 31.3 Å². The Kier molecular flexibility index (Phi) is 3.41. The van der Waals surface area contributed by atoms with Gasteiger partial charge in [0.05, 0.1) is 10.7 Å². The molecule has 88 valence electrons. The number of aryl methyl sites for hydroxylation is 1. The first kappa shape index (κ1) is 12.0. The molecule has 0 amide bonds. The van der Waals surface area contributed by atoms with E-state index in [1.807, 2.05) is 0 Å². The molecule has 1 heterocycles. The summed E-state index contributed by atoms with van der Waals surface area (Å²) in [7, 11) is 0. The zero-order valence-electron chi connectivity index (χ0n) is 9.19. The van der Waals surface area contributed by atoms with Crippen molar-refractivity contribution in [1.29, 1.82) is 0 Å². The van der Waals surface area contributed by atoms with Crippen molar-refractivity contribution in [3.8, 4) is 0 Å². The van der Waals surface area contributed by atoms with E-state index in [9.17, 15) is 9.50 Å². The van der Waals surface area contributed by atoms with E-state index >= 15 is 0 Å². The van der Waals surface area contributed by atoms with Gasteiger partial charge in [0.1, 0.15) is 11.9 Å². The molecule has 1 aromatic carbocycles. The van der Waals surface area contributed by atoms with E-state index in [0.29, 0.717) is 21.8 Å². The quantitative estimate of drug-likeness (QED) is 0.889. The average Bonchev–Trinajstić information content (AvgIpc) is 2.32. The largest absolute Gasteiger partial charge is 0.382 e. The zero-order chi connectivity index (χ0) is 12.4. The molecule has 0 spiro atoms. The van der Waals surface area contributed by atoms with Crippen molar-refractivity contribution in [3.63, 3.8) is 0 Å². The van der Waals surface area contributed by atoms with Crippen LogP contribution in [0.5, 0.6) is 0 Å². The number of rotatable bonds is 2. The van der Waals surface area contributed by atoms with Gasteiger partial charge in [-0.3, -0.25) is 4.98 Å². The predicted octanol–water partition coefficient (Wildman–Crippen LogP) is 3.26. The van der Waals surface area contributed by atoms with Crippen molar-refractivity contribution in [2.24, 2.45) is 0 Å². The number of nitrogens with zero attached hydrogens (tertiary/aromatic N) is 1. The summed E-state index contributed by atoms with van der Waals surface area (Å²) in [5, 5.41) is 10.5. The highest BCUT2D eigenvalue weighted by molar-refractivity contribution is 6.31. The number of pyridine rings is 1. The number of hydrogen-bond acceptors (Lipinski definition) is 2. The number of hydrogen-bond donors (Lipinski definition) is 1. The third-order valence-corrected chi connectivity index (χ3v) is 2.86. The smallest absolute Gasteiger partial charge is 0.126 e. The van der Waals surface area contributed by atoms with E-state index in [1.165, 1.54) is 12.1 Å². The van der Waals surface area contributed by atoms with E-state index in [2.05, 4.69) is 4.98 Å². The molecule has 1 N–H and O–H groups in total. The molecule has 0 bridgehead atoms. The fourth-order valence-electron chi connectivity index (χ4n) is 1.59. The maximum atomic E-state index is 13.1. The molecule has 4 heteroatoms. The summed E-state index contributed by atoms with van der Waals surface area (Å²) in [5.41, 5.74) is 1.43. The second-order valence-electron chi connectivity index (χ2n) is 3.78. The topological polar surface area (TPSA) is 33.1 Å². The highest BCUT2D eigenvalue weighted by Gasteiger charge is 2.15. The molecule has 0 aliphatic carbocycles. The summed E-state index contributed by atoms with van der Waals surface area (Å²) in [5.74, 6) is -0.298. The maximum Gasteiger partial charge on any atom is 0.126 e. The lowest BCUT2D eigenvalue weighted by Gasteiger charge is -2.12. The molecule has 1 atom stereocenters. The van der Waals surface area contributed by atoms with E-state index in [4.69, 9.17) is 11.6 Å². The van der Waals surface area contributed by atoms with Crippen LogP contribution < -0.4 is 0 Å². The molecule has 0 fully saturated rings. The molecule has 0 aliphatic heterocycles. The number of aliphatic hydroxyl groups is 1. The number of aromatic nitrogens is 1. The van der Waals surface area contributed by atoms with Gasteiger partial charge in [0, 0.05) is 6.20 Å². The fourth-order valence-corrected chi connectivity index (χ4v) is 1.82. The van der Waals surface area contributed by atoms with Crippen molar-refractivity contribution in [1.82, 2.24) is 4.98 Å². The van der Waals surface area contributed by atoms with Crippen LogP contribution in [0.25, 0.3) is 0 Å². The van der Waals surface area contributed by atoms with Crippen molar-refractivity contribution >= 4 is 11.6 Å². The fraction of sp³-hybridized carbons (Fsp3) is 0.154. The molecular weight excluding hydrogens is 241 g/mol. The van der Waals surface area contributed by atoms with Crippen LogP contribution in [0.15, 0.2) is 36.5 Å². The molecule has 1 aromatic heterocycles. The van der Waals surface area contributed by atoms with Crippen LogP contribution in [0.3, 0.4) is 0 Å². The van der Waals surface area contributed by atoms with Crippen LogP contribution in [0.1, 0.15) is 22.9 Å². The van der Waals surface area contributed by atoms with Gasteiger partial charge in [0.25, 0.3) is 0 Å². The summed E-state index contributed by atoms with van der Waals surface area (Å²) in [6.45, 7) is 1.64. The van der Waals surface area contributed by atoms with Gasteiger partial charge < -0.3 is 5.11 Å². The molecule has 0 saturated carbocycles. The van der Waals surface area contributed by atoms with Gasteiger partial charge in [-0.05, 0) is 36.2 Å². The first-order valence-corrected chi connectivity index (χ1v) is 5.52. The Bertz CT molecular complexity index is 545. The SMILES string of the molecule is Cc1cc(C(O)c2ncccc2Cl)ccc1F. The van der Waals surface area contributed by atoms with Crippen molar-refractivity contribution in [2.45, 2.75) is 13.0 Å². The Labute approximate surface area is 104 Å². The van der Waals surface area contributed by atoms with Crippen molar-refractivity contribution in [3.05, 3.63) is 64.2 Å². The van der Waals surface area contributed by atoms with Gasteiger partial charge >= 0.3 is 0 Å². The molecule has 2 nitrogen and oxygen atoms in total. The lowest BCUT2D eigenvalue weighted by atomic mass is 10.0. The zero-order valence-corrected chi connectivity index (χ0v) is 9.95. The Morgan fingerprint density at radius 2 is 2.12 bits per heavy atom. The van der Waals surface area contributed by atoms with Crippen LogP contribution in [0, 0.1) is 12.7 Å². The molecule has 0 saturated heterocycles. The standard InChI is InChI=1S/C13H11ClFNO/c1-8-7-9(4-5-11(8)15)13(17)12-10(14)3-2-6-16-12/h2-7,13,17H,1H3. The molecule has 17 heavy (non-hydrogen) atoms. The summed E-state index contributed by atoms with van der Waals surface area (Å²) in [6.07, 6.45) is 0.615. The average molecular weight is 252 g/mol. The van der Waals surface area contributed by atoms with Gasteiger partial charge in [-0.2, -0.15) is 0 Å². The molecule has 2 rings (SSSR count). The van der Waals surface area contributed by atoms with Gasteiger partial charge in [-0.1, -0.05) is 23.7 Å².